The van der Waals surface area contributed by atoms with E-state index in [1.54, 1.807) is 45.0 Å². The smallest absolute Gasteiger partial charge is 0.408 e. The van der Waals surface area contributed by atoms with Crippen LogP contribution in [0.25, 0.3) is 0 Å². The van der Waals surface area contributed by atoms with E-state index in [9.17, 15) is 14.9 Å². The molecule has 1 fully saturated rings. The number of ketones is 1. The summed E-state index contributed by atoms with van der Waals surface area (Å²) in [7, 11) is 0. The van der Waals surface area contributed by atoms with Crippen LogP contribution in [0.5, 0.6) is 0 Å². The first kappa shape index (κ1) is 18.3. The van der Waals surface area contributed by atoms with Crippen molar-refractivity contribution in [2.75, 3.05) is 0 Å². The number of ether oxygens (including phenoxy) is 1. The average molecular weight is 349 g/mol. The van der Waals surface area contributed by atoms with Crippen molar-refractivity contribution >= 4 is 23.5 Å². The second-order valence-electron chi connectivity index (χ2n) is 6.96. The van der Waals surface area contributed by atoms with Gasteiger partial charge in [-0.3, -0.25) is 4.79 Å². The highest BCUT2D eigenvalue weighted by atomic mass is 35.5. The number of amides is 1. The van der Waals surface area contributed by atoms with Crippen molar-refractivity contribution in [1.29, 1.82) is 5.26 Å². The molecule has 0 saturated heterocycles. The fourth-order valence-corrected chi connectivity index (χ4v) is 3.22. The van der Waals surface area contributed by atoms with Crippen LogP contribution in [0.3, 0.4) is 0 Å². The summed E-state index contributed by atoms with van der Waals surface area (Å²) >= 11 is 6.27. The number of halogens is 1. The lowest BCUT2D eigenvalue weighted by atomic mass is 9.76. The molecule has 1 N–H and O–H groups in total. The van der Waals surface area contributed by atoms with Gasteiger partial charge in [-0.15, -0.1) is 0 Å². The van der Waals surface area contributed by atoms with E-state index in [0.29, 0.717) is 29.8 Å². The van der Waals surface area contributed by atoms with E-state index in [0.717, 1.165) is 0 Å². The Hall–Kier alpha value is -2.06. The van der Waals surface area contributed by atoms with Crippen molar-refractivity contribution < 1.29 is 14.3 Å². The number of Topliss-reactive ketones (excluding diaryl/α,β-unsaturated/α-hetero) is 1. The van der Waals surface area contributed by atoms with Gasteiger partial charge in [-0.05, 0) is 45.2 Å². The van der Waals surface area contributed by atoms with Gasteiger partial charge in [0.15, 0.2) is 5.78 Å². The molecule has 5 nitrogen and oxygen atoms in total. The number of benzene rings is 1. The van der Waals surface area contributed by atoms with E-state index in [1.807, 2.05) is 0 Å². The zero-order chi connectivity index (χ0) is 18.0. The molecular formula is C18H21ClN2O3. The molecule has 1 aromatic carbocycles. The maximum Gasteiger partial charge on any atom is 0.408 e. The maximum absolute atomic E-state index is 12.5. The number of nitrogens with one attached hydrogen (secondary N) is 1. The second-order valence-corrected chi connectivity index (χ2v) is 7.37. The molecule has 1 aromatic rings. The van der Waals surface area contributed by atoms with E-state index in [-0.39, 0.29) is 5.78 Å². The highest BCUT2D eigenvalue weighted by Gasteiger charge is 2.51. The van der Waals surface area contributed by atoms with Crippen LogP contribution in [0.1, 0.15) is 51.6 Å². The van der Waals surface area contributed by atoms with Gasteiger partial charge >= 0.3 is 6.09 Å². The summed E-state index contributed by atoms with van der Waals surface area (Å²) < 4.78 is 5.30. The Morgan fingerprint density at radius 1 is 1.42 bits per heavy atom. The Balaban J connectivity index is 2.43. The SMILES string of the molecule is CC(C)(C)OC(=O)N[C@H](c1ccccc1Cl)[C@@]1(C#N)CCCC1=O. The van der Waals surface area contributed by atoms with Gasteiger partial charge in [0.05, 0.1) is 12.1 Å². The predicted octanol–water partition coefficient (Wildman–Crippen LogP) is 4.17. The molecule has 1 amide bonds. The van der Waals surface area contributed by atoms with Gasteiger partial charge in [0.1, 0.15) is 11.0 Å². The third kappa shape index (κ3) is 3.70. The molecule has 0 aromatic heterocycles. The minimum absolute atomic E-state index is 0.175. The molecule has 128 valence electrons. The lowest BCUT2D eigenvalue weighted by Gasteiger charge is -2.32. The average Bonchev–Trinajstić information content (AvgIpc) is 2.86. The molecular weight excluding hydrogens is 328 g/mol. The Bertz CT molecular complexity index is 690. The first-order chi connectivity index (χ1) is 11.2. The first-order valence-corrected chi connectivity index (χ1v) is 8.26. The minimum atomic E-state index is -1.32. The number of nitrogens with zero attached hydrogens (tertiary/aromatic N) is 1. The van der Waals surface area contributed by atoms with Crippen LogP contribution in [0.15, 0.2) is 24.3 Å². The van der Waals surface area contributed by atoms with Gasteiger partial charge in [0.25, 0.3) is 0 Å². The molecule has 6 heteroatoms. The van der Waals surface area contributed by atoms with Crippen molar-refractivity contribution in [1.82, 2.24) is 5.32 Å². The molecule has 1 aliphatic carbocycles. The summed E-state index contributed by atoms with van der Waals surface area (Å²) in [5, 5.41) is 12.9. The number of carbonyl (C=O) groups is 2. The zero-order valence-electron chi connectivity index (χ0n) is 14.1. The number of carbonyl (C=O) groups excluding carboxylic acids is 2. The van der Waals surface area contributed by atoms with E-state index in [2.05, 4.69) is 11.4 Å². The van der Waals surface area contributed by atoms with E-state index in [1.165, 1.54) is 0 Å². The molecule has 24 heavy (non-hydrogen) atoms. The van der Waals surface area contributed by atoms with Crippen LogP contribution in [-0.2, 0) is 9.53 Å². The van der Waals surface area contributed by atoms with Gasteiger partial charge in [-0.2, -0.15) is 5.26 Å². The van der Waals surface area contributed by atoms with Crippen molar-refractivity contribution in [2.45, 2.75) is 51.7 Å². The maximum atomic E-state index is 12.5. The van der Waals surface area contributed by atoms with E-state index < -0.39 is 23.2 Å². The van der Waals surface area contributed by atoms with E-state index in [4.69, 9.17) is 16.3 Å². The van der Waals surface area contributed by atoms with Crippen molar-refractivity contribution in [3.8, 4) is 6.07 Å². The van der Waals surface area contributed by atoms with Crippen LogP contribution in [0.2, 0.25) is 5.02 Å². The number of nitriles is 1. The summed E-state index contributed by atoms with van der Waals surface area (Å²) in [4.78, 5) is 24.7. The molecule has 0 radical (unpaired) electrons. The number of hydrogen-bond donors (Lipinski definition) is 1. The van der Waals surface area contributed by atoms with Crippen molar-refractivity contribution in [3.63, 3.8) is 0 Å². The van der Waals surface area contributed by atoms with Crippen molar-refractivity contribution in [2.24, 2.45) is 5.41 Å². The van der Waals surface area contributed by atoms with Gasteiger partial charge in [0.2, 0.25) is 0 Å². The number of rotatable bonds is 3. The summed E-state index contributed by atoms with van der Waals surface area (Å²) in [6.07, 6.45) is 0.642. The Labute approximate surface area is 146 Å². The first-order valence-electron chi connectivity index (χ1n) is 7.88. The Kier molecular flexibility index (Phi) is 5.19. The molecule has 2 atom stereocenters. The lowest BCUT2D eigenvalue weighted by molar-refractivity contribution is -0.124. The van der Waals surface area contributed by atoms with Crippen LogP contribution in [0.4, 0.5) is 4.79 Å². The monoisotopic (exact) mass is 348 g/mol. The molecule has 0 heterocycles. The highest BCUT2D eigenvalue weighted by molar-refractivity contribution is 6.31. The fraction of sp³-hybridized carbons (Fsp3) is 0.500. The zero-order valence-corrected chi connectivity index (χ0v) is 14.8. The van der Waals surface area contributed by atoms with Crippen LogP contribution >= 0.6 is 11.6 Å². The highest BCUT2D eigenvalue weighted by Crippen LogP contribution is 2.46. The van der Waals surface area contributed by atoms with Gasteiger partial charge in [0, 0.05) is 11.4 Å². The predicted molar refractivity (Wildman–Crippen MR) is 90.5 cm³/mol. The summed E-state index contributed by atoms with van der Waals surface area (Å²) in [6, 6.07) is 8.20. The second kappa shape index (κ2) is 6.82. The molecule has 2 rings (SSSR count). The Morgan fingerprint density at radius 3 is 2.58 bits per heavy atom. The van der Waals surface area contributed by atoms with Crippen molar-refractivity contribution in [3.05, 3.63) is 34.9 Å². The summed E-state index contributed by atoms with van der Waals surface area (Å²) in [5.74, 6) is -0.175. The fourth-order valence-electron chi connectivity index (χ4n) is 2.98. The third-order valence-corrected chi connectivity index (χ3v) is 4.39. The molecule has 1 saturated carbocycles. The van der Waals surface area contributed by atoms with Gasteiger partial charge in [-0.25, -0.2) is 4.79 Å². The molecule has 0 aliphatic heterocycles. The normalized spacial score (nSPS) is 21.9. The van der Waals surface area contributed by atoms with Gasteiger partial charge < -0.3 is 10.1 Å². The van der Waals surface area contributed by atoms with Crippen LogP contribution in [-0.4, -0.2) is 17.5 Å². The summed E-state index contributed by atoms with van der Waals surface area (Å²) in [6.45, 7) is 5.24. The lowest BCUT2D eigenvalue weighted by Crippen LogP contribution is -2.44. The number of alkyl carbamates (subject to hydrolysis) is 1. The third-order valence-electron chi connectivity index (χ3n) is 4.04. The standard InChI is InChI=1S/C18H21ClN2O3/c1-17(2,3)24-16(23)21-15(12-7-4-5-8-13(12)19)18(11-20)10-6-9-14(18)22/h4-5,7-8,15H,6,9-10H2,1-3H3,(H,21,23)/t15-,18-/m1/s1. The molecule has 0 unspecified atom stereocenters. The quantitative estimate of drug-likeness (QED) is 0.889. The molecule has 1 aliphatic rings. The summed E-state index contributed by atoms with van der Waals surface area (Å²) in [5.41, 5.74) is -1.46. The molecule has 0 spiro atoms. The molecule has 0 bridgehead atoms. The van der Waals surface area contributed by atoms with E-state index >= 15 is 0 Å². The number of hydrogen-bond acceptors (Lipinski definition) is 4. The van der Waals surface area contributed by atoms with Crippen LogP contribution < -0.4 is 5.32 Å². The topological polar surface area (TPSA) is 79.2 Å². The largest absolute Gasteiger partial charge is 0.444 e. The van der Waals surface area contributed by atoms with Crippen LogP contribution in [0, 0.1) is 16.7 Å². The Morgan fingerprint density at radius 2 is 2.08 bits per heavy atom. The van der Waals surface area contributed by atoms with Gasteiger partial charge in [-0.1, -0.05) is 29.8 Å². The minimum Gasteiger partial charge on any atom is -0.444 e.